The van der Waals surface area contributed by atoms with Crippen LogP contribution < -0.4 is 0 Å². The molecule has 0 amide bonds. The van der Waals surface area contributed by atoms with Gasteiger partial charge in [0.2, 0.25) is 0 Å². The second kappa shape index (κ2) is 65.6. The summed E-state index contributed by atoms with van der Waals surface area (Å²) < 4.78 is 16.9. The first-order valence-corrected chi connectivity index (χ1v) is 32.9. The average Bonchev–Trinajstić information content (AvgIpc) is 3.44. The van der Waals surface area contributed by atoms with E-state index in [9.17, 15) is 14.4 Å². The van der Waals surface area contributed by atoms with Crippen molar-refractivity contribution in [1.82, 2.24) is 0 Å². The van der Waals surface area contributed by atoms with Gasteiger partial charge in [0.05, 0.1) is 0 Å². The molecule has 0 fully saturated rings. The molecule has 446 valence electrons. The molecule has 0 aliphatic carbocycles. The van der Waals surface area contributed by atoms with Crippen LogP contribution in [0.3, 0.4) is 0 Å². The molecule has 1 unspecified atom stereocenters. The van der Waals surface area contributed by atoms with Crippen molar-refractivity contribution in [3.05, 3.63) is 109 Å². The van der Waals surface area contributed by atoms with Gasteiger partial charge in [-0.3, -0.25) is 14.4 Å². The minimum Gasteiger partial charge on any atom is -0.462 e. The summed E-state index contributed by atoms with van der Waals surface area (Å²) in [6.45, 7) is 6.50. The molecule has 0 aromatic heterocycles. The molecule has 0 aliphatic heterocycles. The van der Waals surface area contributed by atoms with E-state index in [0.717, 1.165) is 122 Å². The maximum atomic E-state index is 12.9. The van der Waals surface area contributed by atoms with E-state index in [2.05, 4.69) is 130 Å². The maximum absolute atomic E-state index is 12.9. The smallest absolute Gasteiger partial charge is 0.306 e. The SMILES string of the molecule is CC/C=C\C/C=C\C/C=C\C/C=C\C/C=C\C/C=C\CCCCCCCCCCC(=O)OCC(COC(=O)CCCCCCC/C=C\CCCCCCCCC)OC(=O)CCCCCCCCC/C=C\C/C=C\CCCCC. The van der Waals surface area contributed by atoms with Gasteiger partial charge in [-0.2, -0.15) is 0 Å². The first-order chi connectivity index (χ1) is 38.5. The van der Waals surface area contributed by atoms with E-state index in [0.29, 0.717) is 19.3 Å². The van der Waals surface area contributed by atoms with E-state index in [-0.39, 0.29) is 31.1 Å². The number of hydrogen-bond acceptors (Lipinski definition) is 6. The van der Waals surface area contributed by atoms with Crippen LogP contribution in [0.1, 0.15) is 310 Å². The van der Waals surface area contributed by atoms with Gasteiger partial charge in [0.15, 0.2) is 6.10 Å². The average molecular weight is 1080 g/mol. The van der Waals surface area contributed by atoms with Crippen molar-refractivity contribution in [3.8, 4) is 0 Å². The van der Waals surface area contributed by atoms with Gasteiger partial charge in [0.1, 0.15) is 13.2 Å². The Morgan fingerprint density at radius 2 is 0.500 bits per heavy atom. The highest BCUT2D eigenvalue weighted by atomic mass is 16.6. The third-order valence-corrected chi connectivity index (χ3v) is 14.0. The lowest BCUT2D eigenvalue weighted by Gasteiger charge is -2.18. The van der Waals surface area contributed by atoms with Gasteiger partial charge < -0.3 is 14.2 Å². The number of allylic oxidation sites excluding steroid dienone is 18. The molecule has 0 aromatic rings. The first-order valence-electron chi connectivity index (χ1n) is 32.9. The Hall–Kier alpha value is -3.93. The zero-order chi connectivity index (χ0) is 56.4. The van der Waals surface area contributed by atoms with Gasteiger partial charge in [-0.05, 0) is 128 Å². The van der Waals surface area contributed by atoms with Gasteiger partial charge in [-0.1, -0.05) is 271 Å². The highest BCUT2D eigenvalue weighted by molar-refractivity contribution is 5.71. The topological polar surface area (TPSA) is 78.9 Å². The molecular weight excluding hydrogens is 961 g/mol. The van der Waals surface area contributed by atoms with Crippen LogP contribution in [0.15, 0.2) is 109 Å². The van der Waals surface area contributed by atoms with Crippen LogP contribution in [0.2, 0.25) is 0 Å². The van der Waals surface area contributed by atoms with Crippen molar-refractivity contribution in [2.75, 3.05) is 13.2 Å². The molecule has 0 saturated carbocycles. The molecule has 0 bridgehead atoms. The summed E-state index contributed by atoms with van der Waals surface area (Å²) in [5, 5.41) is 0. The van der Waals surface area contributed by atoms with E-state index >= 15 is 0 Å². The van der Waals surface area contributed by atoms with Gasteiger partial charge in [-0.25, -0.2) is 0 Å². The van der Waals surface area contributed by atoms with Crippen molar-refractivity contribution in [2.45, 2.75) is 316 Å². The summed E-state index contributed by atoms with van der Waals surface area (Å²) in [5.41, 5.74) is 0. The number of carbonyl (C=O) groups is 3. The van der Waals surface area contributed by atoms with Crippen molar-refractivity contribution in [1.29, 1.82) is 0 Å². The van der Waals surface area contributed by atoms with Crippen LogP contribution >= 0.6 is 0 Å². The molecular formula is C72H122O6. The lowest BCUT2D eigenvalue weighted by atomic mass is 10.1. The molecule has 0 rings (SSSR count). The fraction of sp³-hybridized carbons (Fsp3) is 0.708. The largest absolute Gasteiger partial charge is 0.462 e. The number of rotatable bonds is 59. The van der Waals surface area contributed by atoms with Crippen molar-refractivity contribution in [2.24, 2.45) is 0 Å². The summed E-state index contributed by atoms with van der Waals surface area (Å²) in [7, 11) is 0. The molecule has 6 heteroatoms. The monoisotopic (exact) mass is 1080 g/mol. The maximum Gasteiger partial charge on any atom is 0.306 e. The Balaban J connectivity index is 4.38. The molecule has 0 aromatic carbocycles. The molecule has 0 spiro atoms. The highest BCUT2D eigenvalue weighted by Gasteiger charge is 2.19. The van der Waals surface area contributed by atoms with Crippen molar-refractivity contribution >= 4 is 17.9 Å². The molecule has 0 heterocycles. The van der Waals surface area contributed by atoms with Crippen LogP contribution in [-0.2, 0) is 28.6 Å². The minimum atomic E-state index is -0.792. The Labute approximate surface area is 482 Å². The Bertz CT molecular complexity index is 1570. The third-order valence-electron chi connectivity index (χ3n) is 14.0. The lowest BCUT2D eigenvalue weighted by Crippen LogP contribution is -2.30. The van der Waals surface area contributed by atoms with Crippen LogP contribution in [-0.4, -0.2) is 37.2 Å². The predicted molar refractivity (Wildman–Crippen MR) is 339 cm³/mol. The summed E-state index contributed by atoms with van der Waals surface area (Å²) >= 11 is 0. The first kappa shape index (κ1) is 74.1. The summed E-state index contributed by atoms with van der Waals surface area (Å²) in [6.07, 6.45) is 89.4. The van der Waals surface area contributed by atoms with E-state index < -0.39 is 6.10 Å². The van der Waals surface area contributed by atoms with E-state index in [1.54, 1.807) is 0 Å². The predicted octanol–water partition coefficient (Wildman–Crippen LogP) is 22.6. The Morgan fingerprint density at radius 3 is 0.821 bits per heavy atom. The van der Waals surface area contributed by atoms with Crippen LogP contribution in [0, 0.1) is 0 Å². The third kappa shape index (κ3) is 62.9. The number of carbonyl (C=O) groups excluding carboxylic acids is 3. The normalized spacial score (nSPS) is 12.8. The number of hydrogen-bond donors (Lipinski definition) is 0. The molecule has 0 aliphatic rings. The van der Waals surface area contributed by atoms with Gasteiger partial charge in [0, 0.05) is 19.3 Å². The number of unbranched alkanes of at least 4 members (excludes halogenated alkanes) is 30. The van der Waals surface area contributed by atoms with Crippen LogP contribution in [0.5, 0.6) is 0 Å². The molecule has 0 saturated heterocycles. The standard InChI is InChI=1S/C72H122O6/c1-4-7-10-13-16-19-22-25-28-31-32-33-34-35-36-37-38-39-40-42-44-47-50-53-56-59-62-65-71(74)77-68-69(67-76-70(73)64-61-58-55-52-49-46-43-30-27-24-21-18-15-12-9-6-3)78-72(75)66-63-60-57-54-51-48-45-41-29-26-23-20-17-14-11-8-5-2/h7,10,16-17,19-20,25-26,28-30,32-33,35-36,38-39,43,69H,4-6,8-9,11-15,18,21-24,27,31,34,37,40-42,44-68H2,1-3H3/b10-7-,19-16-,20-17-,28-25-,29-26-,33-32-,36-35-,39-38-,43-30-. The van der Waals surface area contributed by atoms with Gasteiger partial charge in [0.25, 0.3) is 0 Å². The van der Waals surface area contributed by atoms with E-state index in [4.69, 9.17) is 14.2 Å². The number of ether oxygens (including phenoxy) is 3. The second-order valence-corrected chi connectivity index (χ2v) is 21.6. The summed E-state index contributed by atoms with van der Waals surface area (Å²) in [4.78, 5) is 38.4. The fourth-order valence-corrected chi connectivity index (χ4v) is 9.06. The molecule has 78 heavy (non-hydrogen) atoms. The Kier molecular flexibility index (Phi) is 62.3. The fourth-order valence-electron chi connectivity index (χ4n) is 9.06. The molecule has 0 radical (unpaired) electrons. The van der Waals surface area contributed by atoms with Gasteiger partial charge in [-0.15, -0.1) is 0 Å². The molecule has 6 nitrogen and oxygen atoms in total. The van der Waals surface area contributed by atoms with Crippen molar-refractivity contribution in [3.63, 3.8) is 0 Å². The molecule has 1 atom stereocenters. The van der Waals surface area contributed by atoms with Gasteiger partial charge >= 0.3 is 17.9 Å². The summed E-state index contributed by atoms with van der Waals surface area (Å²) in [6, 6.07) is 0. The summed E-state index contributed by atoms with van der Waals surface area (Å²) in [5.74, 6) is -0.903. The quantitative estimate of drug-likeness (QED) is 0.0261. The van der Waals surface area contributed by atoms with E-state index in [1.165, 1.54) is 148 Å². The minimum absolute atomic E-state index is 0.0879. The second-order valence-electron chi connectivity index (χ2n) is 21.6. The number of esters is 3. The zero-order valence-corrected chi connectivity index (χ0v) is 51.2. The van der Waals surface area contributed by atoms with Crippen molar-refractivity contribution < 1.29 is 28.6 Å². The Morgan fingerprint density at radius 1 is 0.269 bits per heavy atom. The van der Waals surface area contributed by atoms with Crippen LogP contribution in [0.25, 0.3) is 0 Å². The van der Waals surface area contributed by atoms with Crippen LogP contribution in [0.4, 0.5) is 0 Å². The molecule has 0 N–H and O–H groups in total. The highest BCUT2D eigenvalue weighted by Crippen LogP contribution is 2.15. The lowest BCUT2D eigenvalue weighted by molar-refractivity contribution is -0.167. The van der Waals surface area contributed by atoms with E-state index in [1.807, 2.05) is 0 Å². The zero-order valence-electron chi connectivity index (χ0n) is 51.2.